The molecule has 0 aromatic carbocycles. The first-order chi connectivity index (χ1) is 10.5. The van der Waals surface area contributed by atoms with Gasteiger partial charge in [-0.05, 0) is 65.8 Å². The van der Waals surface area contributed by atoms with Crippen LogP contribution in [0.25, 0.3) is 0 Å². The Morgan fingerprint density at radius 3 is 1.78 bits per heavy atom. The highest BCUT2D eigenvalue weighted by Gasteiger charge is 2.50. The molecule has 0 atom stereocenters. The highest BCUT2D eigenvalue weighted by molar-refractivity contribution is 8.02. The van der Waals surface area contributed by atoms with Gasteiger partial charge in [0.2, 0.25) is 0 Å². The van der Waals surface area contributed by atoms with E-state index in [1.807, 2.05) is 20.8 Å². The van der Waals surface area contributed by atoms with Gasteiger partial charge in [0.25, 0.3) is 0 Å². The van der Waals surface area contributed by atoms with Gasteiger partial charge in [-0.2, -0.15) is 0 Å². The van der Waals surface area contributed by atoms with E-state index in [9.17, 15) is 9.00 Å². The van der Waals surface area contributed by atoms with Crippen molar-refractivity contribution in [3.63, 3.8) is 0 Å². The van der Waals surface area contributed by atoms with Crippen LogP contribution < -0.4 is 0 Å². The second kappa shape index (κ2) is 5.38. The standard InChI is InChI=1S/C20H30O2S/c1-19(2,3)18(21)17(23(4,5)22)6-7-20-11-14-8-15(12-20)10-16(9-14)13-20/h14-16H,8-13H2,1-5H3. The third-order valence-corrected chi connectivity index (χ3v) is 7.13. The van der Waals surface area contributed by atoms with E-state index < -0.39 is 14.9 Å². The second-order valence-electron chi connectivity index (χ2n) is 9.59. The van der Waals surface area contributed by atoms with Crippen molar-refractivity contribution < 1.29 is 9.00 Å². The quantitative estimate of drug-likeness (QED) is 0.543. The first kappa shape index (κ1) is 17.1. The third kappa shape index (κ3) is 3.38. The molecule has 0 saturated heterocycles. The fourth-order valence-electron chi connectivity index (χ4n) is 5.20. The molecule has 4 aliphatic rings. The normalized spacial score (nSPS) is 35.6. The minimum atomic E-state index is -2.34. The Morgan fingerprint density at radius 2 is 1.43 bits per heavy atom. The predicted octanol–water partition coefficient (Wildman–Crippen LogP) is 3.54. The molecule has 0 radical (unpaired) electrons. The van der Waals surface area contributed by atoms with Gasteiger partial charge in [0.15, 0.2) is 5.78 Å². The summed E-state index contributed by atoms with van der Waals surface area (Å²) in [5.41, 5.74) is -0.428. The Hall–Kier alpha value is -0.750. The Bertz CT molecular complexity index is 659. The van der Waals surface area contributed by atoms with Crippen molar-refractivity contribution in [1.82, 2.24) is 0 Å². The van der Waals surface area contributed by atoms with Crippen LogP contribution in [-0.2, 0) is 14.3 Å². The first-order valence-electron chi connectivity index (χ1n) is 8.88. The molecule has 0 amide bonds. The molecular formula is C20H30O2S. The predicted molar refractivity (Wildman–Crippen MR) is 97.8 cm³/mol. The van der Waals surface area contributed by atoms with Crippen molar-refractivity contribution in [1.29, 1.82) is 0 Å². The average molecular weight is 335 g/mol. The molecule has 0 aromatic heterocycles. The fraction of sp³-hybridized carbons (Fsp3) is 0.800. The summed E-state index contributed by atoms with van der Waals surface area (Å²) in [4.78, 5) is 13.1. The summed E-state index contributed by atoms with van der Waals surface area (Å²) in [6, 6.07) is 0. The van der Waals surface area contributed by atoms with E-state index in [1.165, 1.54) is 38.5 Å². The molecule has 4 rings (SSSR count). The largest absolute Gasteiger partial charge is 0.292 e. The van der Waals surface area contributed by atoms with Gasteiger partial charge in [0.05, 0.1) is 0 Å². The molecule has 4 aliphatic carbocycles. The Morgan fingerprint density at radius 1 is 1.00 bits per heavy atom. The Labute approximate surface area is 141 Å². The molecule has 0 aliphatic heterocycles. The van der Waals surface area contributed by atoms with Crippen LogP contribution in [0.15, 0.2) is 0 Å². The second-order valence-corrected chi connectivity index (χ2v) is 12.5. The summed E-state index contributed by atoms with van der Waals surface area (Å²) >= 11 is 0. The number of carbonyl (C=O) groups is 1. The Kier molecular flexibility index (Phi) is 4.00. The maximum Gasteiger partial charge on any atom is 0.184 e. The van der Waals surface area contributed by atoms with Crippen LogP contribution in [0.3, 0.4) is 0 Å². The van der Waals surface area contributed by atoms with E-state index in [1.54, 1.807) is 12.5 Å². The van der Waals surface area contributed by atoms with Gasteiger partial charge in [-0.15, -0.1) is 0 Å². The molecule has 23 heavy (non-hydrogen) atoms. The van der Waals surface area contributed by atoms with Gasteiger partial charge in [0, 0.05) is 23.3 Å². The van der Waals surface area contributed by atoms with Gasteiger partial charge in [-0.25, -0.2) is 0 Å². The lowest BCUT2D eigenvalue weighted by Gasteiger charge is -2.54. The van der Waals surface area contributed by atoms with Crippen LogP contribution in [0.1, 0.15) is 59.3 Å². The molecule has 0 heterocycles. The topological polar surface area (TPSA) is 34.1 Å². The molecule has 4 bridgehead atoms. The fourth-order valence-corrected chi connectivity index (χ4v) is 6.25. The summed E-state index contributed by atoms with van der Waals surface area (Å²) < 4.78 is 12.6. The molecule has 2 nitrogen and oxygen atoms in total. The molecule has 0 unspecified atom stereocenters. The van der Waals surface area contributed by atoms with Crippen molar-refractivity contribution >= 4 is 20.2 Å². The van der Waals surface area contributed by atoms with Crippen molar-refractivity contribution in [3.8, 4) is 11.8 Å². The molecule has 4 fully saturated rings. The van der Waals surface area contributed by atoms with Crippen molar-refractivity contribution in [2.24, 2.45) is 28.6 Å². The lowest BCUT2D eigenvalue weighted by Crippen LogP contribution is -2.45. The van der Waals surface area contributed by atoms with Gasteiger partial charge >= 0.3 is 0 Å². The monoisotopic (exact) mass is 334 g/mol. The average Bonchev–Trinajstić information content (AvgIpc) is 2.33. The van der Waals surface area contributed by atoms with Crippen LogP contribution in [0.5, 0.6) is 0 Å². The third-order valence-electron chi connectivity index (χ3n) is 5.86. The van der Waals surface area contributed by atoms with Crippen LogP contribution >= 0.6 is 0 Å². The minimum absolute atomic E-state index is 0.0512. The summed E-state index contributed by atoms with van der Waals surface area (Å²) in [5.74, 6) is 9.13. The van der Waals surface area contributed by atoms with E-state index >= 15 is 0 Å². The number of hydrogen-bond donors (Lipinski definition) is 0. The van der Waals surface area contributed by atoms with Crippen LogP contribution in [-0.4, -0.2) is 27.4 Å². The lowest BCUT2D eigenvalue weighted by atomic mass is 9.50. The maximum absolute atomic E-state index is 12.7. The number of carbonyl (C=O) groups excluding carboxylic acids is 1. The minimum Gasteiger partial charge on any atom is -0.292 e. The number of rotatable bonds is 1. The van der Waals surface area contributed by atoms with Gasteiger partial charge in [-0.1, -0.05) is 32.6 Å². The van der Waals surface area contributed by atoms with Crippen molar-refractivity contribution in [2.75, 3.05) is 12.5 Å². The van der Waals surface area contributed by atoms with Crippen LogP contribution in [0.2, 0.25) is 0 Å². The summed E-state index contributed by atoms with van der Waals surface area (Å²) in [6.45, 7) is 5.65. The van der Waals surface area contributed by atoms with Crippen LogP contribution in [0, 0.1) is 40.4 Å². The molecule has 4 saturated carbocycles. The van der Waals surface area contributed by atoms with Crippen molar-refractivity contribution in [3.05, 3.63) is 0 Å². The van der Waals surface area contributed by atoms with Gasteiger partial charge < -0.3 is 0 Å². The van der Waals surface area contributed by atoms with Gasteiger partial charge in [-0.3, -0.25) is 9.00 Å². The maximum atomic E-state index is 12.7. The SMILES string of the molecule is CC(C)(C)C(=O)C(C#CC12CC3CC(CC(C3)C1)C2)=S(C)(C)=O. The summed E-state index contributed by atoms with van der Waals surface area (Å²) in [6.07, 6.45) is 11.0. The van der Waals surface area contributed by atoms with E-state index in [4.69, 9.17) is 0 Å². The highest BCUT2D eigenvalue weighted by Crippen LogP contribution is 2.59. The van der Waals surface area contributed by atoms with Crippen LogP contribution in [0.4, 0.5) is 0 Å². The number of hydrogen-bond acceptors (Lipinski definition) is 2. The number of Topliss-reactive ketones (excluding diaryl/α,β-unsaturated/α-hetero) is 1. The summed E-state index contributed by atoms with van der Waals surface area (Å²) in [5, 5.41) is 0. The van der Waals surface area contributed by atoms with E-state index in [2.05, 4.69) is 11.8 Å². The Balaban J connectivity index is 1.96. The zero-order valence-electron chi connectivity index (χ0n) is 15.2. The van der Waals surface area contributed by atoms with E-state index in [0.717, 1.165) is 17.8 Å². The smallest absolute Gasteiger partial charge is 0.184 e. The molecule has 0 N–H and O–H groups in total. The van der Waals surface area contributed by atoms with E-state index in [0.29, 0.717) is 4.86 Å². The van der Waals surface area contributed by atoms with Gasteiger partial charge in [0.1, 0.15) is 4.86 Å². The van der Waals surface area contributed by atoms with Crippen molar-refractivity contribution in [2.45, 2.75) is 59.3 Å². The highest BCUT2D eigenvalue weighted by atomic mass is 32.2. The zero-order chi connectivity index (χ0) is 17.0. The van der Waals surface area contributed by atoms with E-state index in [-0.39, 0.29) is 11.2 Å². The first-order valence-corrected chi connectivity index (χ1v) is 11.3. The number of ketones is 1. The molecule has 0 spiro atoms. The molecule has 0 aromatic rings. The molecule has 128 valence electrons. The lowest BCUT2D eigenvalue weighted by molar-refractivity contribution is -0.119. The summed E-state index contributed by atoms with van der Waals surface area (Å²) in [7, 11) is -2.34. The zero-order valence-corrected chi connectivity index (χ0v) is 16.0. The molecule has 3 heteroatoms. The molecular weight excluding hydrogens is 304 g/mol.